The fourth-order valence-corrected chi connectivity index (χ4v) is 3.30. The number of ether oxygens (including phenoxy) is 2. The van der Waals surface area contributed by atoms with Crippen LogP contribution in [0.15, 0.2) is 18.2 Å². The van der Waals surface area contributed by atoms with Crippen molar-refractivity contribution < 1.29 is 19.1 Å². The fourth-order valence-electron chi connectivity index (χ4n) is 3.30. The summed E-state index contributed by atoms with van der Waals surface area (Å²) < 4.78 is 10.8. The van der Waals surface area contributed by atoms with Gasteiger partial charge in [0.05, 0.1) is 12.7 Å². The van der Waals surface area contributed by atoms with Gasteiger partial charge in [-0.2, -0.15) is 0 Å². The van der Waals surface area contributed by atoms with Gasteiger partial charge in [-0.25, -0.2) is 14.6 Å². The number of rotatable bonds is 17. The molecule has 1 heterocycles. The Balaban J connectivity index is 2.31. The zero-order chi connectivity index (χ0) is 22.0. The molecule has 1 rings (SSSR count). The summed E-state index contributed by atoms with van der Waals surface area (Å²) in [5.74, 6) is -0.976. The Bertz CT molecular complexity index is 603. The van der Waals surface area contributed by atoms with E-state index in [1.165, 1.54) is 51.4 Å². The Morgan fingerprint density at radius 2 is 1.33 bits per heavy atom. The van der Waals surface area contributed by atoms with E-state index in [9.17, 15) is 9.59 Å². The standard InChI is InChI=1S/C25H41NO4/c1-4-6-8-10-11-12-13-15-20-29-24(27)22-18-16-19-23(26-22)25(28)30-21(3)17-14-9-7-5-2/h16,18-19,21H,4-15,17,20H2,1-3H3. The summed E-state index contributed by atoms with van der Waals surface area (Å²) in [7, 11) is 0. The van der Waals surface area contributed by atoms with Crippen LogP contribution >= 0.6 is 0 Å². The van der Waals surface area contributed by atoms with Crippen molar-refractivity contribution in [1.82, 2.24) is 4.98 Å². The van der Waals surface area contributed by atoms with Crippen LogP contribution in [0.5, 0.6) is 0 Å². The second-order valence-corrected chi connectivity index (χ2v) is 8.08. The van der Waals surface area contributed by atoms with Crippen LogP contribution in [0.2, 0.25) is 0 Å². The van der Waals surface area contributed by atoms with Crippen LogP contribution in [0.1, 0.15) is 125 Å². The SMILES string of the molecule is CCCCCCCCCCOC(=O)c1cccc(C(=O)OC(C)CCCCCC)n1. The molecule has 1 aromatic rings. The summed E-state index contributed by atoms with van der Waals surface area (Å²) in [5, 5.41) is 0. The second-order valence-electron chi connectivity index (χ2n) is 8.08. The molecule has 1 unspecified atom stereocenters. The third-order valence-corrected chi connectivity index (χ3v) is 5.17. The van der Waals surface area contributed by atoms with Gasteiger partial charge in [-0.05, 0) is 38.3 Å². The average molecular weight is 420 g/mol. The summed E-state index contributed by atoms with van der Waals surface area (Å²) in [6, 6.07) is 4.78. The van der Waals surface area contributed by atoms with Gasteiger partial charge in [0.2, 0.25) is 0 Å². The first-order valence-electron chi connectivity index (χ1n) is 11.9. The molecule has 0 fully saturated rings. The van der Waals surface area contributed by atoms with E-state index < -0.39 is 11.9 Å². The highest BCUT2D eigenvalue weighted by atomic mass is 16.5. The zero-order valence-electron chi connectivity index (χ0n) is 19.3. The molecule has 0 amide bonds. The lowest BCUT2D eigenvalue weighted by molar-refractivity contribution is 0.0312. The topological polar surface area (TPSA) is 65.5 Å². The number of esters is 2. The van der Waals surface area contributed by atoms with Gasteiger partial charge >= 0.3 is 11.9 Å². The largest absolute Gasteiger partial charge is 0.461 e. The van der Waals surface area contributed by atoms with Crippen LogP contribution in [0.25, 0.3) is 0 Å². The molecule has 0 aromatic carbocycles. The van der Waals surface area contributed by atoms with Crippen molar-refractivity contribution >= 4 is 11.9 Å². The summed E-state index contributed by atoms with van der Waals surface area (Å²) in [4.78, 5) is 28.7. The maximum Gasteiger partial charge on any atom is 0.357 e. The van der Waals surface area contributed by atoms with Crippen molar-refractivity contribution in [3.05, 3.63) is 29.6 Å². The quantitative estimate of drug-likeness (QED) is 0.203. The maximum atomic E-state index is 12.3. The molecule has 170 valence electrons. The summed E-state index contributed by atoms with van der Waals surface area (Å²) in [6.45, 7) is 6.67. The number of hydrogen-bond acceptors (Lipinski definition) is 5. The van der Waals surface area contributed by atoms with Gasteiger partial charge in [-0.1, -0.05) is 84.1 Å². The van der Waals surface area contributed by atoms with Crippen LogP contribution < -0.4 is 0 Å². The molecule has 0 aliphatic heterocycles. The van der Waals surface area contributed by atoms with Gasteiger partial charge in [0, 0.05) is 0 Å². The zero-order valence-corrected chi connectivity index (χ0v) is 19.3. The van der Waals surface area contributed by atoms with Crippen LogP contribution in [0.3, 0.4) is 0 Å². The van der Waals surface area contributed by atoms with Crippen molar-refractivity contribution in [3.63, 3.8) is 0 Å². The van der Waals surface area contributed by atoms with Crippen molar-refractivity contribution in [2.75, 3.05) is 6.61 Å². The minimum atomic E-state index is -0.490. The highest BCUT2D eigenvalue weighted by Crippen LogP contribution is 2.12. The Labute approximate surface area is 183 Å². The minimum absolute atomic E-state index is 0.150. The molecular weight excluding hydrogens is 378 g/mol. The highest BCUT2D eigenvalue weighted by Gasteiger charge is 2.16. The van der Waals surface area contributed by atoms with E-state index in [-0.39, 0.29) is 17.5 Å². The number of unbranched alkanes of at least 4 members (excludes halogenated alkanes) is 10. The third kappa shape index (κ3) is 11.9. The molecule has 0 spiro atoms. The molecule has 0 aliphatic rings. The molecule has 1 aromatic heterocycles. The summed E-state index contributed by atoms with van der Waals surface area (Å²) in [6.07, 6.45) is 14.8. The first-order valence-corrected chi connectivity index (χ1v) is 11.9. The molecule has 5 heteroatoms. The van der Waals surface area contributed by atoms with Gasteiger partial charge in [0.25, 0.3) is 0 Å². The Morgan fingerprint density at radius 3 is 1.97 bits per heavy atom. The van der Waals surface area contributed by atoms with E-state index in [0.717, 1.165) is 32.1 Å². The molecule has 0 radical (unpaired) electrons. The normalized spacial score (nSPS) is 11.8. The number of aromatic nitrogens is 1. The Morgan fingerprint density at radius 1 is 0.800 bits per heavy atom. The van der Waals surface area contributed by atoms with Crippen molar-refractivity contribution in [1.29, 1.82) is 0 Å². The molecule has 30 heavy (non-hydrogen) atoms. The number of carbonyl (C=O) groups is 2. The predicted molar refractivity (Wildman–Crippen MR) is 121 cm³/mol. The smallest absolute Gasteiger partial charge is 0.357 e. The van der Waals surface area contributed by atoms with Gasteiger partial charge in [-0.15, -0.1) is 0 Å². The Hall–Kier alpha value is -1.91. The molecule has 0 saturated carbocycles. The monoisotopic (exact) mass is 419 g/mol. The van der Waals surface area contributed by atoms with E-state index in [4.69, 9.17) is 9.47 Å². The molecule has 0 bridgehead atoms. The van der Waals surface area contributed by atoms with Gasteiger partial charge in [0.15, 0.2) is 0 Å². The van der Waals surface area contributed by atoms with E-state index in [1.807, 2.05) is 6.92 Å². The van der Waals surface area contributed by atoms with E-state index >= 15 is 0 Å². The minimum Gasteiger partial charge on any atom is -0.461 e. The van der Waals surface area contributed by atoms with E-state index in [2.05, 4.69) is 18.8 Å². The maximum absolute atomic E-state index is 12.3. The van der Waals surface area contributed by atoms with Crippen LogP contribution in [-0.4, -0.2) is 29.6 Å². The molecule has 0 saturated heterocycles. The van der Waals surface area contributed by atoms with Gasteiger partial charge in [0.1, 0.15) is 11.4 Å². The van der Waals surface area contributed by atoms with Crippen molar-refractivity contribution in [2.45, 2.75) is 110 Å². The van der Waals surface area contributed by atoms with Crippen LogP contribution in [0, 0.1) is 0 Å². The lowest BCUT2D eigenvalue weighted by atomic mass is 10.1. The Kier molecular flexibility index (Phi) is 14.7. The van der Waals surface area contributed by atoms with Gasteiger partial charge in [-0.3, -0.25) is 0 Å². The first kappa shape index (κ1) is 26.1. The van der Waals surface area contributed by atoms with Gasteiger partial charge < -0.3 is 9.47 Å². The lowest BCUT2D eigenvalue weighted by Gasteiger charge is -2.13. The number of pyridine rings is 1. The van der Waals surface area contributed by atoms with Crippen LogP contribution in [0.4, 0.5) is 0 Å². The first-order chi connectivity index (χ1) is 14.6. The van der Waals surface area contributed by atoms with E-state index in [1.54, 1.807) is 18.2 Å². The highest BCUT2D eigenvalue weighted by molar-refractivity contribution is 5.91. The third-order valence-electron chi connectivity index (χ3n) is 5.17. The summed E-state index contributed by atoms with van der Waals surface area (Å²) >= 11 is 0. The predicted octanol–water partition coefficient (Wildman–Crippen LogP) is 6.89. The summed E-state index contributed by atoms with van der Waals surface area (Å²) in [5.41, 5.74) is 0.302. The van der Waals surface area contributed by atoms with Crippen molar-refractivity contribution in [2.24, 2.45) is 0 Å². The average Bonchev–Trinajstić information content (AvgIpc) is 2.75. The number of carbonyl (C=O) groups excluding carboxylic acids is 2. The molecule has 0 N–H and O–H groups in total. The second kappa shape index (κ2) is 16.8. The fraction of sp³-hybridized carbons (Fsp3) is 0.720. The van der Waals surface area contributed by atoms with Crippen LogP contribution in [-0.2, 0) is 9.47 Å². The molecule has 0 aliphatic carbocycles. The lowest BCUT2D eigenvalue weighted by Crippen LogP contribution is -2.17. The van der Waals surface area contributed by atoms with E-state index in [0.29, 0.717) is 6.61 Å². The number of nitrogens with zero attached hydrogens (tertiary/aromatic N) is 1. The molecule has 1 atom stereocenters. The molecular formula is C25H41NO4. The number of hydrogen-bond donors (Lipinski definition) is 0. The molecule has 5 nitrogen and oxygen atoms in total. The van der Waals surface area contributed by atoms with Crippen molar-refractivity contribution in [3.8, 4) is 0 Å².